The number of thioether (sulfide) groups is 1. The summed E-state index contributed by atoms with van der Waals surface area (Å²) >= 11 is 6.30. The van der Waals surface area contributed by atoms with Crippen molar-refractivity contribution < 1.29 is 24.5 Å². The Balaban J connectivity index is 2.29. The van der Waals surface area contributed by atoms with Gasteiger partial charge in [0.05, 0.1) is 12.0 Å². The number of aliphatic carboxylic acids is 1. The third-order valence-electron chi connectivity index (χ3n) is 3.75. The van der Waals surface area contributed by atoms with Crippen LogP contribution < -0.4 is 4.74 Å². The molecule has 2 rings (SSSR count). The van der Waals surface area contributed by atoms with Gasteiger partial charge in [0.25, 0.3) is 5.91 Å². The van der Waals surface area contributed by atoms with E-state index in [1.807, 2.05) is 6.92 Å². The quantitative estimate of drug-likeness (QED) is 0.554. The number of thiocarbonyl (C=S) groups is 1. The summed E-state index contributed by atoms with van der Waals surface area (Å²) in [7, 11) is 1.43. The molecule has 1 atom stereocenters. The first-order valence-corrected chi connectivity index (χ1v) is 8.98. The molecule has 1 heterocycles. The molecule has 1 aromatic carbocycles. The maximum atomic E-state index is 12.7. The molecule has 1 saturated heterocycles. The predicted molar refractivity (Wildman–Crippen MR) is 101 cm³/mol. The first-order valence-electron chi connectivity index (χ1n) is 7.76. The molecule has 0 spiro atoms. The molecule has 0 aromatic heterocycles. The Labute approximate surface area is 155 Å². The van der Waals surface area contributed by atoms with Crippen LogP contribution in [-0.2, 0) is 9.59 Å². The zero-order valence-electron chi connectivity index (χ0n) is 13.9. The molecule has 1 fully saturated rings. The summed E-state index contributed by atoms with van der Waals surface area (Å²) < 4.78 is 5.29. The average Bonchev–Trinajstić information content (AvgIpc) is 2.84. The highest BCUT2D eigenvalue weighted by Crippen LogP contribution is 2.36. The molecule has 1 unspecified atom stereocenters. The number of aromatic hydroxyl groups is 1. The minimum absolute atomic E-state index is 0.00212. The SMILES string of the molecule is CCCCC(C(=O)O)N1C(=O)C(=Cc2ccc(O)c(OC)c2)SC1=S. The van der Waals surface area contributed by atoms with E-state index >= 15 is 0 Å². The molecular weight excluding hydrogens is 362 g/mol. The summed E-state index contributed by atoms with van der Waals surface area (Å²) in [5.41, 5.74) is 0.649. The Morgan fingerprint density at radius 3 is 2.80 bits per heavy atom. The molecule has 2 N–H and O–H groups in total. The number of hydrogen-bond acceptors (Lipinski definition) is 6. The maximum absolute atomic E-state index is 12.7. The predicted octanol–water partition coefficient (Wildman–Crippen LogP) is 3.25. The molecule has 0 saturated carbocycles. The standard InChI is InChI=1S/C17H19NO5S2/c1-3-4-5-11(16(21)22)18-15(20)14(25-17(18)24)9-10-6-7-12(19)13(8-10)23-2/h6-9,11,19H,3-5H2,1-2H3,(H,21,22). The van der Waals surface area contributed by atoms with Gasteiger partial charge in [0, 0.05) is 0 Å². The van der Waals surface area contributed by atoms with Crippen LogP contribution in [0.4, 0.5) is 0 Å². The van der Waals surface area contributed by atoms with Crippen LogP contribution in [0.3, 0.4) is 0 Å². The first-order chi connectivity index (χ1) is 11.9. The largest absolute Gasteiger partial charge is 0.504 e. The van der Waals surface area contributed by atoms with Crippen LogP contribution in [-0.4, -0.2) is 44.5 Å². The van der Waals surface area contributed by atoms with Crippen molar-refractivity contribution in [3.8, 4) is 11.5 Å². The Bertz CT molecular complexity index is 732. The van der Waals surface area contributed by atoms with E-state index in [2.05, 4.69) is 0 Å². The molecule has 6 nitrogen and oxygen atoms in total. The normalized spacial score (nSPS) is 17.2. The monoisotopic (exact) mass is 381 g/mol. The number of nitrogens with zero attached hydrogens (tertiary/aromatic N) is 1. The number of phenols is 1. The van der Waals surface area contributed by atoms with Crippen molar-refractivity contribution in [3.05, 3.63) is 28.7 Å². The van der Waals surface area contributed by atoms with Gasteiger partial charge in [-0.3, -0.25) is 9.69 Å². The first kappa shape index (κ1) is 19.3. The van der Waals surface area contributed by atoms with Gasteiger partial charge in [-0.15, -0.1) is 0 Å². The molecule has 134 valence electrons. The summed E-state index contributed by atoms with van der Waals surface area (Å²) in [6, 6.07) is 3.74. The van der Waals surface area contributed by atoms with E-state index in [0.717, 1.165) is 18.2 Å². The van der Waals surface area contributed by atoms with Gasteiger partial charge in [0.1, 0.15) is 10.4 Å². The van der Waals surface area contributed by atoms with Crippen molar-refractivity contribution >= 4 is 46.3 Å². The van der Waals surface area contributed by atoms with Gasteiger partial charge >= 0.3 is 5.97 Å². The highest BCUT2D eigenvalue weighted by atomic mass is 32.2. The minimum Gasteiger partial charge on any atom is -0.504 e. The minimum atomic E-state index is -1.06. The fourth-order valence-corrected chi connectivity index (χ4v) is 3.80. The number of rotatable bonds is 7. The van der Waals surface area contributed by atoms with Crippen molar-refractivity contribution in [1.29, 1.82) is 0 Å². The van der Waals surface area contributed by atoms with Crippen molar-refractivity contribution in [2.24, 2.45) is 0 Å². The summed E-state index contributed by atoms with van der Waals surface area (Å²) in [5, 5.41) is 19.1. The summed E-state index contributed by atoms with van der Waals surface area (Å²) in [6.07, 6.45) is 3.50. The Morgan fingerprint density at radius 2 is 2.20 bits per heavy atom. The van der Waals surface area contributed by atoms with Crippen LogP contribution in [0.5, 0.6) is 11.5 Å². The van der Waals surface area contributed by atoms with Crippen molar-refractivity contribution in [2.45, 2.75) is 32.2 Å². The molecule has 1 aromatic rings. The fraction of sp³-hybridized carbons (Fsp3) is 0.353. The van der Waals surface area contributed by atoms with Crippen molar-refractivity contribution in [1.82, 2.24) is 4.90 Å². The molecule has 1 aliphatic rings. The number of unbranched alkanes of at least 4 members (excludes halogenated alkanes) is 1. The van der Waals surface area contributed by atoms with Crippen LogP contribution in [0, 0.1) is 0 Å². The second-order valence-electron chi connectivity index (χ2n) is 5.48. The summed E-state index contributed by atoms with van der Waals surface area (Å²) in [4.78, 5) is 25.7. The fourth-order valence-electron chi connectivity index (χ4n) is 2.44. The molecule has 0 aliphatic carbocycles. The number of ether oxygens (including phenoxy) is 1. The van der Waals surface area contributed by atoms with Crippen LogP contribution in [0.25, 0.3) is 6.08 Å². The van der Waals surface area contributed by atoms with Crippen LogP contribution >= 0.6 is 24.0 Å². The van der Waals surface area contributed by atoms with E-state index in [1.54, 1.807) is 18.2 Å². The maximum Gasteiger partial charge on any atom is 0.326 e. The van der Waals surface area contributed by atoms with E-state index in [-0.39, 0.29) is 15.8 Å². The van der Waals surface area contributed by atoms with Crippen molar-refractivity contribution in [2.75, 3.05) is 7.11 Å². The molecule has 8 heteroatoms. The molecule has 1 amide bonds. The highest BCUT2D eigenvalue weighted by Gasteiger charge is 2.40. The van der Waals surface area contributed by atoms with E-state index < -0.39 is 17.9 Å². The summed E-state index contributed by atoms with van der Waals surface area (Å²) in [6.45, 7) is 1.96. The van der Waals surface area contributed by atoms with Crippen LogP contribution in [0.15, 0.2) is 23.1 Å². The lowest BCUT2D eigenvalue weighted by molar-refractivity contribution is -0.145. The number of methoxy groups -OCH3 is 1. The van der Waals surface area contributed by atoms with Crippen LogP contribution in [0.1, 0.15) is 31.7 Å². The number of phenolic OH excluding ortho intramolecular Hbond substituents is 1. The number of benzene rings is 1. The lowest BCUT2D eigenvalue weighted by Crippen LogP contribution is -2.43. The second-order valence-corrected chi connectivity index (χ2v) is 7.16. The zero-order chi connectivity index (χ0) is 18.6. The number of carboxylic acid groups (broad SMARTS) is 1. The Kier molecular flexibility index (Phi) is 6.44. The molecule has 0 radical (unpaired) electrons. The topological polar surface area (TPSA) is 87.1 Å². The van der Waals surface area contributed by atoms with Gasteiger partial charge in [-0.05, 0) is 30.2 Å². The van der Waals surface area contributed by atoms with Gasteiger partial charge in [-0.2, -0.15) is 0 Å². The third kappa shape index (κ3) is 4.32. The third-order valence-corrected chi connectivity index (χ3v) is 5.08. The lowest BCUT2D eigenvalue weighted by Gasteiger charge is -2.22. The van der Waals surface area contributed by atoms with Gasteiger partial charge in [-0.1, -0.05) is 49.8 Å². The average molecular weight is 381 g/mol. The van der Waals surface area contributed by atoms with E-state index in [4.69, 9.17) is 17.0 Å². The van der Waals surface area contributed by atoms with Gasteiger partial charge in [-0.25, -0.2) is 4.79 Å². The van der Waals surface area contributed by atoms with Crippen molar-refractivity contribution in [3.63, 3.8) is 0 Å². The number of amides is 1. The van der Waals surface area contributed by atoms with E-state index in [1.165, 1.54) is 18.1 Å². The Hall–Kier alpha value is -2.06. The van der Waals surface area contributed by atoms with Crippen LogP contribution in [0.2, 0.25) is 0 Å². The molecular formula is C17H19NO5S2. The molecule has 25 heavy (non-hydrogen) atoms. The smallest absolute Gasteiger partial charge is 0.326 e. The zero-order valence-corrected chi connectivity index (χ0v) is 15.5. The van der Waals surface area contributed by atoms with E-state index in [9.17, 15) is 19.8 Å². The molecule has 1 aliphatic heterocycles. The number of hydrogen-bond donors (Lipinski definition) is 2. The van der Waals surface area contributed by atoms with Gasteiger partial charge in [0.15, 0.2) is 11.5 Å². The summed E-state index contributed by atoms with van der Waals surface area (Å²) in [5.74, 6) is -1.18. The molecule has 0 bridgehead atoms. The van der Waals surface area contributed by atoms with Gasteiger partial charge < -0.3 is 14.9 Å². The Morgan fingerprint density at radius 1 is 1.48 bits per heavy atom. The lowest BCUT2D eigenvalue weighted by atomic mass is 10.1. The highest BCUT2D eigenvalue weighted by molar-refractivity contribution is 8.26. The number of carbonyl (C=O) groups excluding carboxylic acids is 1. The van der Waals surface area contributed by atoms with E-state index in [0.29, 0.717) is 23.3 Å². The van der Waals surface area contributed by atoms with Gasteiger partial charge in [0.2, 0.25) is 0 Å². The number of carboxylic acids is 1. The number of carbonyl (C=O) groups is 2. The second kappa shape index (κ2) is 8.35.